The first kappa shape index (κ1) is 15.7. The van der Waals surface area contributed by atoms with Gasteiger partial charge in [-0.15, -0.1) is 0 Å². The second kappa shape index (κ2) is 6.37. The molecule has 0 spiro atoms. The summed E-state index contributed by atoms with van der Waals surface area (Å²) in [5, 5.41) is 49.8. The van der Waals surface area contributed by atoms with E-state index in [4.69, 9.17) is 14.9 Å². The number of benzene rings is 1. The van der Waals surface area contributed by atoms with Gasteiger partial charge in [-0.2, -0.15) is 0 Å². The van der Waals surface area contributed by atoms with Gasteiger partial charge in [-0.3, -0.25) is 0 Å². The minimum absolute atomic E-state index is 0.106. The summed E-state index contributed by atoms with van der Waals surface area (Å²) in [6.07, 6.45) is -6.33. The van der Waals surface area contributed by atoms with Crippen molar-refractivity contribution >= 4 is 11.7 Å². The van der Waals surface area contributed by atoms with Crippen molar-refractivity contribution in [2.45, 2.75) is 30.6 Å². The minimum atomic E-state index is -1.47. The molecule has 0 amide bonds. The van der Waals surface area contributed by atoms with Crippen LogP contribution >= 0.6 is 0 Å². The van der Waals surface area contributed by atoms with Crippen LogP contribution < -0.4 is 5.32 Å². The number of rotatable bonds is 4. The maximum absolute atomic E-state index is 10.7. The van der Waals surface area contributed by atoms with Gasteiger partial charge in [-0.05, 0) is 24.3 Å². The first-order chi connectivity index (χ1) is 9.93. The van der Waals surface area contributed by atoms with Crippen LogP contribution in [0.25, 0.3) is 0 Å². The lowest BCUT2D eigenvalue weighted by Crippen LogP contribution is -2.60. The Labute approximate surface area is 120 Å². The van der Waals surface area contributed by atoms with E-state index in [9.17, 15) is 20.1 Å². The van der Waals surface area contributed by atoms with Crippen molar-refractivity contribution in [2.24, 2.45) is 0 Å². The van der Waals surface area contributed by atoms with Crippen LogP contribution in [-0.2, 0) is 4.74 Å². The molecule has 1 aliphatic rings. The van der Waals surface area contributed by atoms with E-state index in [2.05, 4.69) is 5.32 Å². The fourth-order valence-corrected chi connectivity index (χ4v) is 2.09. The number of carboxylic acid groups (broad SMARTS) is 1. The highest BCUT2D eigenvalue weighted by molar-refractivity contribution is 5.87. The lowest BCUT2D eigenvalue weighted by molar-refractivity contribution is -0.221. The Morgan fingerprint density at radius 3 is 2.24 bits per heavy atom. The fourth-order valence-electron chi connectivity index (χ4n) is 2.09. The number of aliphatic hydroxyl groups excluding tert-OH is 4. The number of hydrogen-bond donors (Lipinski definition) is 6. The molecule has 0 aromatic heterocycles. The SMILES string of the molecule is O=C(O)c1ccc(N[C@@H]2OC(CO)[C@@H](O)C(O)[C@@H]2O)cc1. The van der Waals surface area contributed by atoms with Gasteiger partial charge < -0.3 is 35.6 Å². The third-order valence-corrected chi connectivity index (χ3v) is 3.33. The first-order valence-corrected chi connectivity index (χ1v) is 6.34. The molecule has 0 radical (unpaired) electrons. The van der Waals surface area contributed by atoms with Crippen LogP contribution in [0.1, 0.15) is 10.4 Å². The van der Waals surface area contributed by atoms with Gasteiger partial charge in [0, 0.05) is 5.69 Å². The Balaban J connectivity index is 2.08. The van der Waals surface area contributed by atoms with Crippen LogP contribution in [-0.4, -0.2) is 68.8 Å². The van der Waals surface area contributed by atoms with Crippen molar-refractivity contribution in [2.75, 3.05) is 11.9 Å². The molecular formula is C13H17NO7. The zero-order valence-electron chi connectivity index (χ0n) is 11.0. The second-order valence-corrected chi connectivity index (χ2v) is 4.78. The molecule has 1 saturated heterocycles. The molecular weight excluding hydrogens is 282 g/mol. The molecule has 1 aromatic carbocycles. The number of anilines is 1. The van der Waals surface area contributed by atoms with E-state index < -0.39 is 43.2 Å². The minimum Gasteiger partial charge on any atom is -0.478 e. The molecule has 8 heteroatoms. The zero-order valence-corrected chi connectivity index (χ0v) is 11.0. The van der Waals surface area contributed by atoms with Gasteiger partial charge in [0.2, 0.25) is 0 Å². The summed E-state index contributed by atoms with van der Waals surface area (Å²) >= 11 is 0. The van der Waals surface area contributed by atoms with Gasteiger partial charge in [0.1, 0.15) is 24.4 Å². The van der Waals surface area contributed by atoms with Crippen molar-refractivity contribution in [3.8, 4) is 0 Å². The van der Waals surface area contributed by atoms with Crippen LogP contribution in [0.5, 0.6) is 0 Å². The van der Waals surface area contributed by atoms with Crippen LogP contribution in [0.3, 0.4) is 0 Å². The predicted molar refractivity (Wildman–Crippen MR) is 70.8 cm³/mol. The zero-order chi connectivity index (χ0) is 15.6. The van der Waals surface area contributed by atoms with Gasteiger partial charge >= 0.3 is 5.97 Å². The van der Waals surface area contributed by atoms with E-state index in [1.165, 1.54) is 24.3 Å². The summed E-state index contributed by atoms with van der Waals surface area (Å²) in [5.41, 5.74) is 0.568. The van der Waals surface area contributed by atoms with Crippen LogP contribution in [0.15, 0.2) is 24.3 Å². The highest BCUT2D eigenvalue weighted by Gasteiger charge is 2.43. The molecule has 2 unspecified atom stereocenters. The average Bonchev–Trinajstić information content (AvgIpc) is 2.48. The molecule has 1 heterocycles. The van der Waals surface area contributed by atoms with Gasteiger partial charge in [-0.1, -0.05) is 0 Å². The van der Waals surface area contributed by atoms with Gasteiger partial charge in [0.25, 0.3) is 0 Å². The monoisotopic (exact) mass is 299 g/mol. The Kier molecular flexibility index (Phi) is 4.76. The predicted octanol–water partition coefficient (Wildman–Crippen LogP) is -1.40. The van der Waals surface area contributed by atoms with E-state index in [0.717, 1.165) is 0 Å². The molecule has 8 nitrogen and oxygen atoms in total. The summed E-state index contributed by atoms with van der Waals surface area (Å²) in [6.45, 7) is -0.513. The van der Waals surface area contributed by atoms with Gasteiger partial charge in [-0.25, -0.2) is 4.79 Å². The van der Waals surface area contributed by atoms with E-state index in [0.29, 0.717) is 5.69 Å². The highest BCUT2D eigenvalue weighted by atomic mass is 16.6. The first-order valence-electron chi connectivity index (χ1n) is 6.34. The standard InChI is InChI=1S/C13H17NO7/c15-5-8-9(16)10(17)11(18)12(21-8)14-7-3-1-6(2-4-7)13(19)20/h1-4,8-12,14-18H,5H2,(H,19,20)/t8?,9-,10?,11+,12-/m1/s1. The molecule has 1 fully saturated rings. The van der Waals surface area contributed by atoms with Crippen molar-refractivity contribution in [1.82, 2.24) is 0 Å². The van der Waals surface area contributed by atoms with E-state index >= 15 is 0 Å². The van der Waals surface area contributed by atoms with Crippen molar-refractivity contribution < 1.29 is 35.1 Å². The molecule has 5 atom stereocenters. The topological polar surface area (TPSA) is 139 Å². The third kappa shape index (κ3) is 3.31. The normalized spacial score (nSPS) is 32.7. The van der Waals surface area contributed by atoms with Gasteiger partial charge in [0.05, 0.1) is 12.2 Å². The number of hydrogen-bond acceptors (Lipinski definition) is 7. The second-order valence-electron chi connectivity index (χ2n) is 4.78. The number of carbonyl (C=O) groups is 1. The summed E-state index contributed by atoms with van der Waals surface area (Å²) in [6, 6.07) is 5.69. The smallest absolute Gasteiger partial charge is 0.335 e. The molecule has 2 rings (SSSR count). The highest BCUT2D eigenvalue weighted by Crippen LogP contribution is 2.23. The average molecular weight is 299 g/mol. The maximum atomic E-state index is 10.7. The van der Waals surface area contributed by atoms with E-state index in [-0.39, 0.29) is 5.56 Å². The summed E-state index contributed by atoms with van der Waals surface area (Å²) in [7, 11) is 0. The molecule has 6 N–H and O–H groups in total. The summed E-state index contributed by atoms with van der Waals surface area (Å²) in [5.74, 6) is -1.06. The Bertz CT molecular complexity index is 490. The maximum Gasteiger partial charge on any atom is 0.335 e. The van der Waals surface area contributed by atoms with Crippen molar-refractivity contribution in [3.05, 3.63) is 29.8 Å². The third-order valence-electron chi connectivity index (χ3n) is 3.33. The van der Waals surface area contributed by atoms with Gasteiger partial charge in [0.15, 0.2) is 6.23 Å². The quantitative estimate of drug-likeness (QED) is 0.399. The van der Waals surface area contributed by atoms with Crippen LogP contribution in [0.2, 0.25) is 0 Å². The molecule has 1 aromatic rings. The van der Waals surface area contributed by atoms with E-state index in [1.807, 2.05) is 0 Å². The Morgan fingerprint density at radius 2 is 1.71 bits per heavy atom. The number of aliphatic hydroxyl groups is 4. The molecule has 21 heavy (non-hydrogen) atoms. The molecule has 0 aliphatic carbocycles. The van der Waals surface area contributed by atoms with E-state index in [1.54, 1.807) is 0 Å². The molecule has 116 valence electrons. The fraction of sp³-hybridized carbons (Fsp3) is 0.462. The lowest BCUT2D eigenvalue weighted by atomic mass is 9.98. The molecule has 1 aliphatic heterocycles. The summed E-state index contributed by atoms with van der Waals surface area (Å²) < 4.78 is 5.27. The van der Waals surface area contributed by atoms with Crippen LogP contribution in [0.4, 0.5) is 5.69 Å². The number of nitrogens with one attached hydrogen (secondary N) is 1. The largest absolute Gasteiger partial charge is 0.478 e. The molecule has 0 bridgehead atoms. The Hall–Kier alpha value is -1.71. The number of ether oxygens (including phenoxy) is 1. The summed E-state index contributed by atoms with van der Waals surface area (Å²) in [4.78, 5) is 10.7. The van der Waals surface area contributed by atoms with Crippen molar-refractivity contribution in [3.63, 3.8) is 0 Å². The molecule has 0 saturated carbocycles. The van der Waals surface area contributed by atoms with Crippen molar-refractivity contribution in [1.29, 1.82) is 0 Å². The number of carboxylic acids is 1. The Morgan fingerprint density at radius 1 is 1.10 bits per heavy atom. The number of aromatic carboxylic acids is 1. The van der Waals surface area contributed by atoms with Crippen LogP contribution in [0, 0.1) is 0 Å². The lowest BCUT2D eigenvalue weighted by Gasteiger charge is -2.40.